The summed E-state index contributed by atoms with van der Waals surface area (Å²) in [6, 6.07) is 10.1. The molecule has 3 fully saturated rings. The summed E-state index contributed by atoms with van der Waals surface area (Å²) < 4.78 is 16.3. The van der Waals surface area contributed by atoms with E-state index in [9.17, 15) is 19.2 Å². The standard InChI is InChI=1S/C37H50N6O7.CH4/c1-48-31-21-26(22-32(49-2)34(31)50-3)35(45)38-30(36(46)42-19-11-27(12-20-42)40-15-7-4-8-16-40)23-33(44)41-17-13-28(14-18-41)43-24-25-9-5-6-10-29(25)39-37(43)47;/h5-6,9-10,21-22,27-28,30H,4,7-8,11-20,23-24H2,1-3H3,(H,38,45)(H,39,47);1H4/t30-;/m0./s1. The minimum atomic E-state index is -1.05. The second-order valence-corrected chi connectivity index (χ2v) is 13.6. The smallest absolute Gasteiger partial charge is 0.322 e. The normalized spacial score (nSPS) is 19.3. The van der Waals surface area contributed by atoms with Gasteiger partial charge in [-0.15, -0.1) is 0 Å². The van der Waals surface area contributed by atoms with Gasteiger partial charge in [0.1, 0.15) is 6.04 Å². The molecular formula is C38H54N6O7. The fourth-order valence-electron chi connectivity index (χ4n) is 7.86. The summed E-state index contributed by atoms with van der Waals surface area (Å²) in [4.78, 5) is 62.5. The lowest BCUT2D eigenvalue weighted by molar-refractivity contribution is -0.140. The van der Waals surface area contributed by atoms with Crippen LogP contribution in [0.3, 0.4) is 0 Å². The Hall–Kier alpha value is -4.52. The van der Waals surface area contributed by atoms with Crippen molar-refractivity contribution in [3.63, 3.8) is 0 Å². The van der Waals surface area contributed by atoms with Crippen LogP contribution in [0.25, 0.3) is 0 Å². The summed E-state index contributed by atoms with van der Waals surface area (Å²) in [5.74, 6) is -0.0123. The molecule has 2 aromatic carbocycles. The number of fused-ring (bicyclic) bond motifs is 1. The predicted molar refractivity (Wildman–Crippen MR) is 194 cm³/mol. The van der Waals surface area contributed by atoms with E-state index in [0.29, 0.717) is 68.9 Å². The Morgan fingerprint density at radius 2 is 1.43 bits per heavy atom. The van der Waals surface area contributed by atoms with E-state index in [1.54, 1.807) is 9.80 Å². The minimum Gasteiger partial charge on any atom is -0.493 e. The quantitative estimate of drug-likeness (QED) is 0.373. The van der Waals surface area contributed by atoms with Crippen molar-refractivity contribution in [1.29, 1.82) is 0 Å². The second-order valence-electron chi connectivity index (χ2n) is 13.6. The molecule has 1 atom stereocenters. The molecular weight excluding hydrogens is 652 g/mol. The molecule has 0 unspecified atom stereocenters. The van der Waals surface area contributed by atoms with Gasteiger partial charge >= 0.3 is 6.03 Å². The molecule has 4 aliphatic rings. The first kappa shape index (κ1) is 37.7. The van der Waals surface area contributed by atoms with Crippen LogP contribution in [0.1, 0.15) is 74.7 Å². The van der Waals surface area contributed by atoms with Crippen LogP contribution in [0.2, 0.25) is 0 Å². The highest BCUT2D eigenvalue weighted by Crippen LogP contribution is 2.38. The lowest BCUT2D eigenvalue weighted by Gasteiger charge is -2.41. The molecule has 3 saturated heterocycles. The van der Waals surface area contributed by atoms with Gasteiger partial charge in [-0.3, -0.25) is 14.4 Å². The van der Waals surface area contributed by atoms with Gasteiger partial charge in [-0.2, -0.15) is 0 Å². The maximum Gasteiger partial charge on any atom is 0.322 e. The number of rotatable bonds is 10. The largest absolute Gasteiger partial charge is 0.493 e. The fourth-order valence-corrected chi connectivity index (χ4v) is 7.86. The number of benzene rings is 2. The lowest BCUT2D eigenvalue weighted by atomic mass is 9.98. The van der Waals surface area contributed by atoms with Crippen molar-refractivity contribution in [1.82, 2.24) is 24.9 Å². The number of ether oxygens (including phenoxy) is 3. The molecule has 0 radical (unpaired) electrons. The average Bonchev–Trinajstić information content (AvgIpc) is 3.16. The van der Waals surface area contributed by atoms with Gasteiger partial charge < -0.3 is 44.4 Å². The Kier molecular flexibility index (Phi) is 12.7. The second kappa shape index (κ2) is 17.1. The topological polar surface area (TPSA) is 133 Å². The van der Waals surface area contributed by atoms with E-state index in [4.69, 9.17) is 14.2 Å². The molecule has 0 bridgehead atoms. The number of likely N-dealkylation sites (tertiary alicyclic amines) is 3. The van der Waals surface area contributed by atoms with Crippen LogP contribution >= 0.6 is 0 Å². The Morgan fingerprint density at radius 1 is 0.824 bits per heavy atom. The summed E-state index contributed by atoms with van der Waals surface area (Å²) in [5.41, 5.74) is 2.12. The van der Waals surface area contributed by atoms with Gasteiger partial charge in [0.05, 0.1) is 27.8 Å². The fraction of sp³-hybridized carbons (Fsp3) is 0.579. The number of carbonyl (C=O) groups excluding carboxylic acids is 4. The molecule has 0 aliphatic carbocycles. The van der Waals surface area contributed by atoms with Crippen molar-refractivity contribution in [2.45, 2.75) is 83.5 Å². The molecule has 51 heavy (non-hydrogen) atoms. The Balaban J connectivity index is 0.00000504. The number of urea groups is 1. The third kappa shape index (κ3) is 8.52. The Labute approximate surface area is 301 Å². The molecule has 13 nitrogen and oxygen atoms in total. The van der Waals surface area contributed by atoms with E-state index < -0.39 is 11.9 Å². The monoisotopic (exact) mass is 706 g/mol. The zero-order valence-electron chi connectivity index (χ0n) is 29.4. The van der Waals surface area contributed by atoms with E-state index >= 15 is 0 Å². The summed E-state index contributed by atoms with van der Waals surface area (Å²) in [5, 5.41) is 5.87. The number of piperidine rings is 3. The molecule has 2 N–H and O–H groups in total. The van der Waals surface area contributed by atoms with Gasteiger partial charge in [0.2, 0.25) is 17.6 Å². The average molecular weight is 707 g/mol. The third-order valence-corrected chi connectivity index (χ3v) is 10.7. The molecule has 6 rings (SSSR count). The van der Waals surface area contributed by atoms with Gasteiger partial charge in [0, 0.05) is 56.1 Å². The molecule has 4 aliphatic heterocycles. The first-order chi connectivity index (χ1) is 24.3. The number of amides is 5. The van der Waals surface area contributed by atoms with E-state index in [2.05, 4.69) is 15.5 Å². The third-order valence-electron chi connectivity index (χ3n) is 10.7. The molecule has 4 heterocycles. The first-order valence-corrected chi connectivity index (χ1v) is 17.9. The summed E-state index contributed by atoms with van der Waals surface area (Å²) >= 11 is 0. The van der Waals surface area contributed by atoms with Crippen LogP contribution in [0.4, 0.5) is 10.5 Å². The van der Waals surface area contributed by atoms with E-state index in [0.717, 1.165) is 37.2 Å². The Bertz CT molecular complexity index is 1520. The molecule has 278 valence electrons. The molecule has 0 spiro atoms. The van der Waals surface area contributed by atoms with Gasteiger partial charge in [-0.05, 0) is 75.4 Å². The highest BCUT2D eigenvalue weighted by Gasteiger charge is 2.36. The Morgan fingerprint density at radius 3 is 2.06 bits per heavy atom. The zero-order valence-corrected chi connectivity index (χ0v) is 29.4. The number of nitrogens with one attached hydrogen (secondary N) is 2. The molecule has 0 aromatic heterocycles. The van der Waals surface area contributed by atoms with Crippen LogP contribution in [-0.2, 0) is 16.1 Å². The van der Waals surface area contributed by atoms with E-state index in [1.165, 1.54) is 52.7 Å². The van der Waals surface area contributed by atoms with Crippen LogP contribution < -0.4 is 24.8 Å². The molecule has 5 amide bonds. The number of para-hydroxylation sites is 1. The van der Waals surface area contributed by atoms with Crippen LogP contribution in [0.5, 0.6) is 17.2 Å². The molecule has 0 saturated carbocycles. The number of hydrogen-bond acceptors (Lipinski definition) is 8. The van der Waals surface area contributed by atoms with Gasteiger partial charge in [-0.25, -0.2) is 4.79 Å². The SMILES string of the molecule is C.COc1cc(C(=O)N[C@@H](CC(=O)N2CCC(N3Cc4ccccc4NC3=O)CC2)C(=O)N2CCC(N3CCCCC3)CC2)cc(OC)c1OC. The number of methoxy groups -OCH3 is 3. The van der Waals surface area contributed by atoms with Crippen molar-refractivity contribution in [3.8, 4) is 17.2 Å². The zero-order chi connectivity index (χ0) is 35.2. The summed E-state index contributed by atoms with van der Waals surface area (Å²) in [6.07, 6.45) is 6.53. The van der Waals surface area contributed by atoms with Crippen molar-refractivity contribution >= 4 is 29.4 Å². The number of anilines is 1. The van der Waals surface area contributed by atoms with Crippen LogP contribution in [0.15, 0.2) is 36.4 Å². The molecule has 13 heteroatoms. The van der Waals surface area contributed by atoms with Crippen molar-refractivity contribution in [2.75, 3.05) is 65.9 Å². The van der Waals surface area contributed by atoms with Crippen molar-refractivity contribution in [3.05, 3.63) is 47.5 Å². The minimum absolute atomic E-state index is 0. The first-order valence-electron chi connectivity index (χ1n) is 17.9. The van der Waals surface area contributed by atoms with E-state index in [1.807, 2.05) is 29.2 Å². The van der Waals surface area contributed by atoms with E-state index in [-0.39, 0.29) is 43.3 Å². The van der Waals surface area contributed by atoms with Crippen LogP contribution in [0, 0.1) is 0 Å². The number of carbonyl (C=O) groups is 4. The number of hydrogen-bond donors (Lipinski definition) is 2. The summed E-state index contributed by atoms with van der Waals surface area (Å²) in [6.45, 7) is 4.81. The lowest BCUT2D eigenvalue weighted by Crippen LogP contribution is -2.55. The van der Waals surface area contributed by atoms with Gasteiger partial charge in [-0.1, -0.05) is 32.0 Å². The predicted octanol–water partition coefficient (Wildman–Crippen LogP) is 4.35. The van der Waals surface area contributed by atoms with Gasteiger partial charge in [0.25, 0.3) is 5.91 Å². The maximum absolute atomic E-state index is 14.1. The van der Waals surface area contributed by atoms with Gasteiger partial charge in [0.15, 0.2) is 11.5 Å². The molecule has 2 aromatic rings. The van der Waals surface area contributed by atoms with Crippen molar-refractivity contribution < 1.29 is 33.4 Å². The maximum atomic E-state index is 14.1. The number of nitrogens with zero attached hydrogens (tertiary/aromatic N) is 4. The summed E-state index contributed by atoms with van der Waals surface area (Å²) in [7, 11) is 4.42. The van der Waals surface area contributed by atoms with Crippen LogP contribution in [-0.4, -0.2) is 122 Å². The highest BCUT2D eigenvalue weighted by atomic mass is 16.5. The highest BCUT2D eigenvalue weighted by molar-refractivity contribution is 6.00. The van der Waals surface area contributed by atoms with Crippen molar-refractivity contribution in [2.24, 2.45) is 0 Å².